The van der Waals surface area contributed by atoms with E-state index in [4.69, 9.17) is 0 Å². The van der Waals surface area contributed by atoms with Crippen LogP contribution in [0.5, 0.6) is 0 Å². The maximum atomic E-state index is 12.4. The van der Waals surface area contributed by atoms with Crippen LogP contribution in [-0.2, 0) is 11.8 Å². The first-order valence-corrected chi connectivity index (χ1v) is 7.79. The molecule has 0 saturated heterocycles. The van der Waals surface area contributed by atoms with Gasteiger partial charge in [-0.05, 0) is 38.8 Å². The fourth-order valence-electron chi connectivity index (χ4n) is 2.28. The maximum absolute atomic E-state index is 12.4. The minimum Gasteiger partial charge on any atom is -0.329 e. The third-order valence-electron chi connectivity index (χ3n) is 3.35. The molecule has 5 heteroatoms. The van der Waals surface area contributed by atoms with Crippen molar-refractivity contribution in [1.82, 2.24) is 9.55 Å². The van der Waals surface area contributed by atoms with E-state index >= 15 is 0 Å². The molecule has 4 nitrogen and oxygen atoms in total. The second kappa shape index (κ2) is 6.35. The Labute approximate surface area is 130 Å². The highest BCUT2D eigenvalue weighted by molar-refractivity contribution is 8.00. The lowest BCUT2D eigenvalue weighted by Crippen LogP contribution is -2.23. The Hall–Kier alpha value is -1.75. The van der Waals surface area contributed by atoms with E-state index in [1.54, 1.807) is 6.20 Å². The van der Waals surface area contributed by atoms with E-state index in [1.165, 1.54) is 17.3 Å². The fourth-order valence-corrected chi connectivity index (χ4v) is 3.11. The van der Waals surface area contributed by atoms with Gasteiger partial charge in [-0.15, -0.1) is 0 Å². The Balaban J connectivity index is 2.09. The number of carbonyl (C=O) groups excluding carboxylic acids is 1. The highest BCUT2D eigenvalue weighted by Crippen LogP contribution is 2.25. The molecule has 1 heterocycles. The summed E-state index contributed by atoms with van der Waals surface area (Å²) in [5, 5.41) is 3.68. The van der Waals surface area contributed by atoms with E-state index in [1.807, 2.05) is 38.6 Å². The average molecular weight is 303 g/mol. The molecule has 1 aromatic heterocycles. The van der Waals surface area contributed by atoms with Crippen molar-refractivity contribution in [2.45, 2.75) is 38.1 Å². The van der Waals surface area contributed by atoms with Crippen LogP contribution in [0.25, 0.3) is 0 Å². The van der Waals surface area contributed by atoms with Crippen LogP contribution >= 0.6 is 11.8 Å². The highest BCUT2D eigenvalue weighted by atomic mass is 32.2. The van der Waals surface area contributed by atoms with Gasteiger partial charge in [0.1, 0.15) is 0 Å². The largest absolute Gasteiger partial charge is 0.329 e. The molecule has 0 fully saturated rings. The number of hydrogen-bond acceptors (Lipinski definition) is 3. The summed E-state index contributed by atoms with van der Waals surface area (Å²) in [6.07, 6.45) is 3.61. The quantitative estimate of drug-likeness (QED) is 0.880. The van der Waals surface area contributed by atoms with Crippen LogP contribution in [0, 0.1) is 20.8 Å². The molecule has 0 aliphatic heterocycles. The number of amides is 1. The van der Waals surface area contributed by atoms with Gasteiger partial charge in [-0.3, -0.25) is 4.79 Å². The van der Waals surface area contributed by atoms with Gasteiger partial charge in [-0.1, -0.05) is 29.5 Å². The van der Waals surface area contributed by atoms with Crippen molar-refractivity contribution in [1.29, 1.82) is 0 Å². The van der Waals surface area contributed by atoms with Gasteiger partial charge in [0.15, 0.2) is 5.16 Å². The number of thioether (sulfide) groups is 1. The number of imidazole rings is 1. The zero-order valence-corrected chi connectivity index (χ0v) is 13.9. The number of nitrogens with zero attached hydrogens (tertiary/aromatic N) is 2. The first-order chi connectivity index (χ1) is 9.88. The van der Waals surface area contributed by atoms with Crippen LogP contribution in [0.15, 0.2) is 29.7 Å². The number of rotatable bonds is 4. The van der Waals surface area contributed by atoms with Crippen molar-refractivity contribution < 1.29 is 4.79 Å². The van der Waals surface area contributed by atoms with Gasteiger partial charge < -0.3 is 9.88 Å². The van der Waals surface area contributed by atoms with Crippen LogP contribution in [0.1, 0.15) is 23.6 Å². The summed E-state index contributed by atoms with van der Waals surface area (Å²) in [5.74, 6) is -0.00180. The van der Waals surface area contributed by atoms with Crippen molar-refractivity contribution >= 4 is 23.4 Å². The standard InChI is InChI=1S/C16H21N3OS/c1-10-8-11(2)14(12(3)9-10)18-15(20)13(4)21-16-17-6-7-19(16)5/h6-9,13H,1-5H3,(H,18,20). The number of benzene rings is 1. The topological polar surface area (TPSA) is 46.9 Å². The Kier molecular flexibility index (Phi) is 4.73. The van der Waals surface area contributed by atoms with Gasteiger partial charge in [0, 0.05) is 25.1 Å². The van der Waals surface area contributed by atoms with Crippen molar-refractivity contribution in [2.24, 2.45) is 7.05 Å². The van der Waals surface area contributed by atoms with E-state index in [9.17, 15) is 4.79 Å². The summed E-state index contributed by atoms with van der Waals surface area (Å²) in [6, 6.07) is 4.17. The summed E-state index contributed by atoms with van der Waals surface area (Å²) in [4.78, 5) is 16.6. The summed E-state index contributed by atoms with van der Waals surface area (Å²) in [5.41, 5.74) is 4.31. The molecule has 0 aliphatic rings. The zero-order chi connectivity index (χ0) is 15.6. The van der Waals surface area contributed by atoms with Gasteiger partial charge in [-0.2, -0.15) is 0 Å². The second-order valence-corrected chi connectivity index (χ2v) is 6.65. The molecular weight excluding hydrogens is 282 g/mol. The molecule has 2 aromatic rings. The van der Waals surface area contributed by atoms with Crippen molar-refractivity contribution in [3.63, 3.8) is 0 Å². The third-order valence-corrected chi connectivity index (χ3v) is 4.53. The van der Waals surface area contributed by atoms with Crippen molar-refractivity contribution in [2.75, 3.05) is 5.32 Å². The number of aryl methyl sites for hydroxylation is 4. The second-order valence-electron chi connectivity index (χ2n) is 5.34. The minimum absolute atomic E-state index is 0.00180. The molecule has 0 aliphatic carbocycles. The predicted molar refractivity (Wildman–Crippen MR) is 87.8 cm³/mol. The molecule has 1 atom stereocenters. The van der Waals surface area contributed by atoms with E-state index < -0.39 is 0 Å². The van der Waals surface area contributed by atoms with Crippen molar-refractivity contribution in [3.05, 3.63) is 41.2 Å². The SMILES string of the molecule is Cc1cc(C)c(NC(=O)C(C)Sc2nccn2C)c(C)c1. The molecule has 1 aromatic carbocycles. The monoisotopic (exact) mass is 303 g/mol. The Bertz CT molecular complexity index is 640. The van der Waals surface area contributed by atoms with E-state index in [-0.39, 0.29) is 11.2 Å². The van der Waals surface area contributed by atoms with Crippen LogP contribution in [0.4, 0.5) is 5.69 Å². The average Bonchev–Trinajstić information content (AvgIpc) is 2.79. The van der Waals surface area contributed by atoms with E-state index in [2.05, 4.69) is 29.4 Å². The Morgan fingerprint density at radius 3 is 2.43 bits per heavy atom. The van der Waals surface area contributed by atoms with E-state index in [0.717, 1.165) is 22.0 Å². The molecule has 0 spiro atoms. The summed E-state index contributed by atoms with van der Waals surface area (Å²) in [6.45, 7) is 8.00. The highest BCUT2D eigenvalue weighted by Gasteiger charge is 2.18. The lowest BCUT2D eigenvalue weighted by Gasteiger charge is -2.16. The molecule has 0 bridgehead atoms. The van der Waals surface area contributed by atoms with Crippen molar-refractivity contribution in [3.8, 4) is 0 Å². The Morgan fingerprint density at radius 2 is 1.90 bits per heavy atom. The summed E-state index contributed by atoms with van der Waals surface area (Å²) in [7, 11) is 1.92. The van der Waals surface area contributed by atoms with Gasteiger partial charge in [0.25, 0.3) is 0 Å². The van der Waals surface area contributed by atoms with E-state index in [0.29, 0.717) is 0 Å². The normalized spacial score (nSPS) is 12.2. The number of carbonyl (C=O) groups is 1. The minimum atomic E-state index is -0.203. The first kappa shape index (κ1) is 15.6. The fraction of sp³-hybridized carbons (Fsp3) is 0.375. The van der Waals surface area contributed by atoms with Crippen LogP contribution in [-0.4, -0.2) is 20.7 Å². The molecule has 2 rings (SSSR count). The third kappa shape index (κ3) is 3.67. The molecule has 0 saturated carbocycles. The molecule has 21 heavy (non-hydrogen) atoms. The lowest BCUT2D eigenvalue weighted by atomic mass is 10.1. The molecule has 0 radical (unpaired) electrons. The molecule has 112 valence electrons. The summed E-state index contributed by atoms with van der Waals surface area (Å²) < 4.78 is 1.91. The van der Waals surface area contributed by atoms with Crippen LogP contribution < -0.4 is 5.32 Å². The number of anilines is 1. The molecule has 1 N–H and O–H groups in total. The number of aromatic nitrogens is 2. The lowest BCUT2D eigenvalue weighted by molar-refractivity contribution is -0.115. The first-order valence-electron chi connectivity index (χ1n) is 6.91. The van der Waals surface area contributed by atoms with Gasteiger partial charge >= 0.3 is 0 Å². The Morgan fingerprint density at radius 1 is 1.29 bits per heavy atom. The maximum Gasteiger partial charge on any atom is 0.237 e. The smallest absolute Gasteiger partial charge is 0.237 e. The number of nitrogens with one attached hydrogen (secondary N) is 1. The number of hydrogen-bond donors (Lipinski definition) is 1. The van der Waals surface area contributed by atoms with Gasteiger partial charge in [0.2, 0.25) is 5.91 Å². The zero-order valence-electron chi connectivity index (χ0n) is 13.1. The predicted octanol–water partition coefficient (Wildman–Crippen LogP) is 3.46. The van der Waals surface area contributed by atoms with Gasteiger partial charge in [-0.25, -0.2) is 4.98 Å². The summed E-state index contributed by atoms with van der Waals surface area (Å²) >= 11 is 1.46. The molecular formula is C16H21N3OS. The molecule has 1 unspecified atom stereocenters. The van der Waals surface area contributed by atoms with Gasteiger partial charge in [0.05, 0.1) is 5.25 Å². The van der Waals surface area contributed by atoms with Crippen LogP contribution in [0.3, 0.4) is 0 Å². The molecule has 1 amide bonds. The van der Waals surface area contributed by atoms with Crippen LogP contribution in [0.2, 0.25) is 0 Å².